The molecule has 0 radical (unpaired) electrons. The molecule has 1 fully saturated rings. The molecular weight excluding hydrogens is 442 g/mol. The van der Waals surface area contributed by atoms with Gasteiger partial charge in [-0.15, -0.1) is 0 Å². The summed E-state index contributed by atoms with van der Waals surface area (Å²) in [4.78, 5) is 29.6. The number of aromatic nitrogens is 1. The maximum absolute atomic E-state index is 12.1. The van der Waals surface area contributed by atoms with Crippen LogP contribution in [-0.4, -0.2) is 70.4 Å². The highest BCUT2D eigenvalue weighted by atomic mass is 16.6. The van der Waals surface area contributed by atoms with Crippen LogP contribution in [0.5, 0.6) is 5.75 Å². The van der Waals surface area contributed by atoms with Gasteiger partial charge in [-0.05, 0) is 30.3 Å². The van der Waals surface area contributed by atoms with E-state index in [-0.39, 0.29) is 21.7 Å². The van der Waals surface area contributed by atoms with E-state index in [4.69, 9.17) is 14.6 Å². The second kappa shape index (κ2) is 10.3. The lowest BCUT2D eigenvalue weighted by Crippen LogP contribution is -2.38. The third kappa shape index (κ3) is 5.13. The summed E-state index contributed by atoms with van der Waals surface area (Å²) in [6, 6.07) is 12.3. The number of aliphatic hydroxyl groups excluding tert-OH is 1. The molecule has 0 saturated carbocycles. The van der Waals surface area contributed by atoms with Crippen LogP contribution in [0.3, 0.4) is 0 Å². The summed E-state index contributed by atoms with van der Waals surface area (Å²) in [6.45, 7) is 4.55. The molecule has 34 heavy (non-hydrogen) atoms. The van der Waals surface area contributed by atoms with Gasteiger partial charge in [-0.3, -0.25) is 15.0 Å². The van der Waals surface area contributed by atoms with E-state index >= 15 is 0 Å². The monoisotopic (exact) mass is 465 g/mol. The molecule has 0 amide bonds. The molecule has 1 aliphatic heterocycles. The normalized spacial score (nSPS) is 15.8. The average molecular weight is 465 g/mol. The van der Waals surface area contributed by atoms with Gasteiger partial charge in [0.15, 0.2) is 0 Å². The minimum absolute atomic E-state index is 0.0878. The molecule has 1 aromatic heterocycles. The number of morpholine rings is 1. The van der Waals surface area contributed by atoms with E-state index in [1.165, 1.54) is 18.2 Å². The van der Waals surface area contributed by atoms with Crippen LogP contribution >= 0.6 is 0 Å². The van der Waals surface area contributed by atoms with Crippen molar-refractivity contribution < 1.29 is 29.4 Å². The standard InChI is InChI=1S/C24H23N3O7/c28-15-16-1-4-19(22(13-16)27(31)32)23(24(29)30)21-5-2-17-14-18(3-6-20(17)25-21)34-12-9-26-7-10-33-11-8-26/h1-6,13-15,28H,7-12H2,(H,29,30). The third-order valence-corrected chi connectivity index (χ3v) is 5.55. The Bertz CT molecular complexity index is 1350. The van der Waals surface area contributed by atoms with E-state index in [0.717, 1.165) is 44.3 Å². The molecule has 2 aromatic carbocycles. The number of hydrogen-bond acceptors (Lipinski definition) is 8. The second-order valence-electron chi connectivity index (χ2n) is 7.70. The molecule has 1 aliphatic rings. The van der Waals surface area contributed by atoms with Crippen molar-refractivity contribution in [3.8, 4) is 5.75 Å². The number of carboxylic acids is 1. The number of benzene rings is 2. The number of aliphatic carboxylic acids is 1. The fourth-order valence-corrected chi connectivity index (χ4v) is 3.80. The minimum Gasteiger partial charge on any atom is -0.515 e. The molecule has 1 saturated heterocycles. The predicted molar refractivity (Wildman–Crippen MR) is 124 cm³/mol. The van der Waals surface area contributed by atoms with Crippen molar-refractivity contribution >= 4 is 34.4 Å². The first-order valence-corrected chi connectivity index (χ1v) is 10.7. The highest BCUT2D eigenvalue weighted by Crippen LogP contribution is 2.22. The van der Waals surface area contributed by atoms with E-state index in [1.807, 2.05) is 6.07 Å². The van der Waals surface area contributed by atoms with Crippen molar-refractivity contribution in [2.45, 2.75) is 0 Å². The van der Waals surface area contributed by atoms with Crippen LogP contribution in [0.2, 0.25) is 0 Å². The molecule has 0 unspecified atom stereocenters. The van der Waals surface area contributed by atoms with Gasteiger partial charge in [0.1, 0.15) is 12.4 Å². The zero-order valence-electron chi connectivity index (χ0n) is 18.2. The Morgan fingerprint density at radius 3 is 2.68 bits per heavy atom. The van der Waals surface area contributed by atoms with Gasteiger partial charge in [0.2, 0.25) is 0 Å². The number of nitrogens with zero attached hydrogens (tertiary/aromatic N) is 3. The van der Waals surface area contributed by atoms with Crippen LogP contribution < -0.4 is 15.2 Å². The number of ether oxygens (including phenoxy) is 2. The molecule has 10 nitrogen and oxygen atoms in total. The third-order valence-electron chi connectivity index (χ3n) is 5.55. The number of hydrogen-bond donors (Lipinski definition) is 2. The number of nitro benzene ring substituents is 1. The van der Waals surface area contributed by atoms with Crippen molar-refractivity contribution in [3.05, 3.63) is 74.8 Å². The van der Waals surface area contributed by atoms with Crippen molar-refractivity contribution in [1.82, 2.24) is 9.88 Å². The van der Waals surface area contributed by atoms with Gasteiger partial charge >= 0.3 is 5.97 Å². The molecule has 0 atom stereocenters. The van der Waals surface area contributed by atoms with E-state index in [9.17, 15) is 20.0 Å². The highest BCUT2D eigenvalue weighted by Gasteiger charge is 2.20. The van der Waals surface area contributed by atoms with Gasteiger partial charge in [0.05, 0.1) is 46.4 Å². The van der Waals surface area contributed by atoms with Gasteiger partial charge < -0.3 is 19.7 Å². The number of aliphatic hydroxyl groups is 1. The van der Waals surface area contributed by atoms with E-state index in [1.54, 1.807) is 18.2 Å². The number of rotatable bonds is 7. The fraction of sp³-hybridized carbons (Fsp3) is 0.250. The first kappa shape index (κ1) is 23.1. The molecule has 0 aliphatic carbocycles. The Labute approximate surface area is 194 Å². The molecule has 3 aromatic rings. The van der Waals surface area contributed by atoms with Crippen LogP contribution in [0.4, 0.5) is 5.69 Å². The lowest BCUT2D eigenvalue weighted by atomic mass is 10.0. The van der Waals surface area contributed by atoms with Gasteiger partial charge in [-0.25, -0.2) is 9.78 Å². The summed E-state index contributed by atoms with van der Waals surface area (Å²) in [5.74, 6) is -0.678. The average Bonchev–Trinajstić information content (AvgIpc) is 2.84. The summed E-state index contributed by atoms with van der Waals surface area (Å²) < 4.78 is 11.2. The summed E-state index contributed by atoms with van der Waals surface area (Å²) in [6.07, 6.45) is 0.714. The van der Waals surface area contributed by atoms with Gasteiger partial charge in [0.25, 0.3) is 5.69 Å². The summed E-state index contributed by atoms with van der Waals surface area (Å²) in [7, 11) is 0. The van der Waals surface area contributed by atoms with Crippen molar-refractivity contribution in [2.75, 3.05) is 39.5 Å². The predicted octanol–water partition coefficient (Wildman–Crippen LogP) is 1.43. The Kier molecular flexibility index (Phi) is 7.00. The minimum atomic E-state index is -1.35. The zero-order chi connectivity index (χ0) is 24.1. The molecule has 176 valence electrons. The van der Waals surface area contributed by atoms with E-state index in [0.29, 0.717) is 24.1 Å². The Balaban J connectivity index is 1.65. The molecule has 0 spiro atoms. The first-order valence-electron chi connectivity index (χ1n) is 10.7. The Morgan fingerprint density at radius 2 is 1.97 bits per heavy atom. The number of non-ortho nitro benzene ring substituents is 1. The van der Waals surface area contributed by atoms with Crippen LogP contribution in [0.25, 0.3) is 22.7 Å². The number of nitro groups is 1. The summed E-state index contributed by atoms with van der Waals surface area (Å²) >= 11 is 0. The van der Waals surface area contributed by atoms with Crippen LogP contribution in [-0.2, 0) is 9.53 Å². The summed E-state index contributed by atoms with van der Waals surface area (Å²) in [5.41, 5.74) is -0.125. The first-order chi connectivity index (χ1) is 16.5. The number of pyridine rings is 1. The van der Waals surface area contributed by atoms with Crippen molar-refractivity contribution in [3.63, 3.8) is 0 Å². The topological polar surface area (TPSA) is 135 Å². The fourth-order valence-electron chi connectivity index (χ4n) is 3.80. The Hall–Kier alpha value is -4.02. The molecule has 10 heteroatoms. The van der Waals surface area contributed by atoms with Crippen LogP contribution in [0.1, 0.15) is 5.69 Å². The summed E-state index contributed by atoms with van der Waals surface area (Å²) in [5, 5.41) is 31.4. The smallest absolute Gasteiger partial charge is 0.338 e. The van der Waals surface area contributed by atoms with Crippen molar-refractivity contribution in [1.29, 1.82) is 0 Å². The maximum Gasteiger partial charge on any atom is 0.338 e. The zero-order valence-corrected chi connectivity index (χ0v) is 18.2. The largest absolute Gasteiger partial charge is 0.515 e. The van der Waals surface area contributed by atoms with Crippen molar-refractivity contribution in [2.24, 2.45) is 0 Å². The van der Waals surface area contributed by atoms with Gasteiger partial charge in [0, 0.05) is 36.3 Å². The number of fused-ring (bicyclic) bond motifs is 1. The maximum atomic E-state index is 12.1. The van der Waals surface area contributed by atoms with Crippen LogP contribution in [0, 0.1) is 10.1 Å². The highest BCUT2D eigenvalue weighted by molar-refractivity contribution is 6.15. The van der Waals surface area contributed by atoms with Gasteiger partial charge in [-0.2, -0.15) is 0 Å². The van der Waals surface area contributed by atoms with E-state index < -0.39 is 16.6 Å². The SMILES string of the molecule is O=C(O)C(c1ccc2cc(OCCN3CCOCC3)ccc2n1)=c1ccc(=CO)cc1[N+](=O)[O-]. The molecule has 2 N–H and O–H groups in total. The molecule has 0 bridgehead atoms. The Morgan fingerprint density at radius 1 is 1.18 bits per heavy atom. The van der Waals surface area contributed by atoms with Gasteiger partial charge in [-0.1, -0.05) is 12.1 Å². The lowest BCUT2D eigenvalue weighted by molar-refractivity contribution is -0.386. The molecule has 4 rings (SSSR count). The van der Waals surface area contributed by atoms with Crippen LogP contribution in [0.15, 0.2) is 48.5 Å². The lowest BCUT2D eigenvalue weighted by Gasteiger charge is -2.26. The number of carboxylic acid groups (broad SMARTS) is 1. The number of carbonyl (C=O) groups is 1. The second-order valence-corrected chi connectivity index (χ2v) is 7.70. The molecule has 2 heterocycles. The van der Waals surface area contributed by atoms with E-state index in [2.05, 4.69) is 9.88 Å². The quantitative estimate of drug-likeness (QED) is 0.392. The molecular formula is C24H23N3O7.